The lowest BCUT2D eigenvalue weighted by Crippen LogP contribution is -2.24. The molecule has 1 aliphatic heterocycles. The molecule has 0 radical (unpaired) electrons. The van der Waals surface area contributed by atoms with Crippen LogP contribution < -0.4 is 0 Å². The van der Waals surface area contributed by atoms with Crippen LogP contribution in [0.5, 0.6) is 0 Å². The Kier molecular flexibility index (Phi) is 5.40. The Balaban J connectivity index is 1.56. The van der Waals surface area contributed by atoms with Crippen molar-refractivity contribution in [3.63, 3.8) is 0 Å². The van der Waals surface area contributed by atoms with Gasteiger partial charge in [-0.1, -0.05) is 79.9 Å². The van der Waals surface area contributed by atoms with Crippen molar-refractivity contribution < 1.29 is 9.47 Å². The number of benzene rings is 2. The molecule has 2 fully saturated rings. The van der Waals surface area contributed by atoms with Crippen molar-refractivity contribution >= 4 is 11.8 Å². The van der Waals surface area contributed by atoms with Gasteiger partial charge < -0.3 is 9.47 Å². The van der Waals surface area contributed by atoms with Gasteiger partial charge in [-0.25, -0.2) is 0 Å². The van der Waals surface area contributed by atoms with E-state index < -0.39 is 5.12 Å². The molecular weight excluding hydrogens is 382 g/mol. The molecule has 0 bridgehead atoms. The zero-order valence-corrected chi connectivity index (χ0v) is 17.2. The maximum absolute atomic E-state index is 6.15. The summed E-state index contributed by atoms with van der Waals surface area (Å²) in [6, 6.07) is 20.9. The van der Waals surface area contributed by atoms with Crippen molar-refractivity contribution in [2.45, 2.75) is 48.4 Å². The minimum atomic E-state index is -0.866. The lowest BCUT2D eigenvalue weighted by atomic mass is 9.95. The highest BCUT2D eigenvalue weighted by atomic mass is 32.2. The number of hydrogen-bond donors (Lipinski definition) is 0. The molecule has 3 aromatic rings. The molecule has 1 saturated heterocycles. The van der Waals surface area contributed by atoms with Crippen LogP contribution >= 0.6 is 11.8 Å². The van der Waals surface area contributed by atoms with Crippen molar-refractivity contribution in [2.75, 3.05) is 13.2 Å². The predicted molar refractivity (Wildman–Crippen MR) is 113 cm³/mol. The Morgan fingerprint density at radius 3 is 2.17 bits per heavy atom. The minimum absolute atomic E-state index is 0.408. The van der Waals surface area contributed by atoms with E-state index in [0.717, 1.165) is 34.9 Å². The molecule has 29 heavy (non-hydrogen) atoms. The van der Waals surface area contributed by atoms with Gasteiger partial charge in [-0.05, 0) is 24.6 Å². The van der Waals surface area contributed by atoms with E-state index in [4.69, 9.17) is 9.47 Å². The van der Waals surface area contributed by atoms with E-state index in [-0.39, 0.29) is 0 Å². The average Bonchev–Trinajstić information content (AvgIpc) is 3.44. The normalized spacial score (nSPS) is 19.4. The van der Waals surface area contributed by atoms with Gasteiger partial charge in [0.1, 0.15) is 0 Å². The number of ether oxygens (including phenoxy) is 2. The van der Waals surface area contributed by atoms with Gasteiger partial charge in [0.25, 0.3) is 5.12 Å². The number of rotatable bonds is 5. The van der Waals surface area contributed by atoms with Crippen LogP contribution in [0.15, 0.2) is 65.8 Å². The summed E-state index contributed by atoms with van der Waals surface area (Å²) in [5.41, 5.74) is 2.10. The van der Waals surface area contributed by atoms with Crippen molar-refractivity contribution in [2.24, 2.45) is 0 Å². The number of thioether (sulfide) groups is 1. The summed E-state index contributed by atoms with van der Waals surface area (Å²) >= 11 is 1.53. The molecule has 1 aliphatic carbocycles. The Morgan fingerprint density at radius 1 is 0.828 bits per heavy atom. The third-order valence-corrected chi connectivity index (χ3v) is 6.86. The van der Waals surface area contributed by atoms with Crippen molar-refractivity contribution in [3.05, 3.63) is 66.2 Å². The minimum Gasteiger partial charge on any atom is -0.335 e. The number of nitrogens with zero attached hydrogens (tertiary/aromatic N) is 3. The summed E-state index contributed by atoms with van der Waals surface area (Å²) in [5, 5.41) is 9.22. The Labute approximate surface area is 175 Å². The van der Waals surface area contributed by atoms with Crippen molar-refractivity contribution in [1.82, 2.24) is 14.8 Å². The van der Waals surface area contributed by atoms with Crippen LogP contribution in [0.3, 0.4) is 0 Å². The monoisotopic (exact) mass is 407 g/mol. The van der Waals surface area contributed by atoms with Gasteiger partial charge in [0, 0.05) is 17.2 Å². The van der Waals surface area contributed by atoms with Crippen LogP contribution in [0.2, 0.25) is 0 Å². The summed E-state index contributed by atoms with van der Waals surface area (Å²) in [7, 11) is 0. The molecule has 1 saturated carbocycles. The highest BCUT2D eigenvalue weighted by Gasteiger charge is 2.42. The molecule has 0 amide bonds. The van der Waals surface area contributed by atoms with Gasteiger partial charge in [-0.15, -0.1) is 10.2 Å². The molecule has 5 rings (SSSR count). The van der Waals surface area contributed by atoms with Crippen LogP contribution in [0.1, 0.15) is 43.7 Å². The zero-order chi connectivity index (χ0) is 19.5. The third-order valence-electron chi connectivity index (χ3n) is 5.66. The second kappa shape index (κ2) is 8.30. The Bertz CT molecular complexity index is 933. The molecule has 1 aromatic heterocycles. The number of aromatic nitrogens is 3. The standard InChI is InChI=1S/C23H25N3O2S/c1-4-10-18(11-5-1)21-24-25-22(26(21)20-14-8-3-9-15-20)29-23(27-16-17-28-23)19-12-6-2-7-13-19/h1-2,4-7,10-13,20H,3,8-9,14-17H2. The van der Waals surface area contributed by atoms with E-state index in [1.807, 2.05) is 24.3 Å². The van der Waals surface area contributed by atoms with Crippen LogP contribution in [0.4, 0.5) is 0 Å². The van der Waals surface area contributed by atoms with Gasteiger partial charge in [-0.2, -0.15) is 0 Å². The highest BCUT2D eigenvalue weighted by Crippen LogP contribution is 2.47. The molecule has 0 N–H and O–H groups in total. The van der Waals surface area contributed by atoms with Gasteiger partial charge in [0.2, 0.25) is 0 Å². The summed E-state index contributed by atoms with van der Waals surface area (Å²) < 4.78 is 14.6. The summed E-state index contributed by atoms with van der Waals surface area (Å²) in [4.78, 5) is 0. The Morgan fingerprint density at radius 2 is 1.48 bits per heavy atom. The molecule has 150 valence electrons. The lowest BCUT2D eigenvalue weighted by Gasteiger charge is -2.29. The SMILES string of the molecule is c1ccc(-c2nnc(SC3(c4ccccc4)OCCO3)n2C2CCCCC2)cc1. The average molecular weight is 408 g/mol. The van der Waals surface area contributed by atoms with E-state index >= 15 is 0 Å². The number of hydrogen-bond acceptors (Lipinski definition) is 5. The first-order valence-electron chi connectivity index (χ1n) is 10.4. The smallest absolute Gasteiger partial charge is 0.253 e. The Hall–Kier alpha value is -2.15. The van der Waals surface area contributed by atoms with E-state index in [9.17, 15) is 0 Å². The van der Waals surface area contributed by atoms with Crippen LogP contribution in [-0.2, 0) is 14.6 Å². The fourth-order valence-electron chi connectivity index (χ4n) is 4.24. The zero-order valence-electron chi connectivity index (χ0n) is 16.4. The molecular formula is C23H25N3O2S. The summed E-state index contributed by atoms with van der Waals surface area (Å²) in [5.74, 6) is 0.932. The fourth-order valence-corrected chi connectivity index (χ4v) is 5.43. The fraction of sp³-hybridized carbons (Fsp3) is 0.391. The molecule has 2 heterocycles. The van der Waals surface area contributed by atoms with Gasteiger partial charge in [0.05, 0.1) is 13.2 Å². The second-order valence-electron chi connectivity index (χ2n) is 7.56. The summed E-state index contributed by atoms with van der Waals surface area (Å²) in [6.45, 7) is 1.15. The molecule has 0 unspecified atom stereocenters. The molecule has 0 atom stereocenters. The predicted octanol–water partition coefficient (Wildman–Crippen LogP) is 5.40. The van der Waals surface area contributed by atoms with E-state index in [2.05, 4.69) is 51.2 Å². The highest BCUT2D eigenvalue weighted by molar-refractivity contribution is 7.99. The van der Waals surface area contributed by atoms with Crippen LogP contribution in [0.25, 0.3) is 11.4 Å². The maximum Gasteiger partial charge on any atom is 0.253 e. The van der Waals surface area contributed by atoms with E-state index in [0.29, 0.717) is 19.3 Å². The second-order valence-corrected chi connectivity index (χ2v) is 8.66. The molecule has 2 aliphatic rings. The maximum atomic E-state index is 6.15. The van der Waals surface area contributed by atoms with Gasteiger partial charge in [-0.3, -0.25) is 4.57 Å². The first kappa shape index (κ1) is 18.9. The topological polar surface area (TPSA) is 49.2 Å². The van der Waals surface area contributed by atoms with Gasteiger partial charge >= 0.3 is 0 Å². The largest absolute Gasteiger partial charge is 0.335 e. The summed E-state index contributed by atoms with van der Waals surface area (Å²) in [6.07, 6.45) is 6.12. The van der Waals surface area contributed by atoms with E-state index in [1.54, 1.807) is 0 Å². The van der Waals surface area contributed by atoms with Crippen molar-refractivity contribution in [1.29, 1.82) is 0 Å². The first-order valence-corrected chi connectivity index (χ1v) is 11.2. The lowest BCUT2D eigenvalue weighted by molar-refractivity contribution is -0.0819. The van der Waals surface area contributed by atoms with Crippen molar-refractivity contribution in [3.8, 4) is 11.4 Å². The molecule has 2 aromatic carbocycles. The molecule has 5 nitrogen and oxygen atoms in total. The third kappa shape index (κ3) is 3.72. The quantitative estimate of drug-likeness (QED) is 0.567. The molecule has 0 spiro atoms. The van der Waals surface area contributed by atoms with Crippen LogP contribution in [0, 0.1) is 0 Å². The van der Waals surface area contributed by atoms with Crippen LogP contribution in [-0.4, -0.2) is 28.0 Å². The van der Waals surface area contributed by atoms with Gasteiger partial charge in [0.15, 0.2) is 11.0 Å². The molecule has 6 heteroatoms. The first-order chi connectivity index (χ1) is 14.4. The van der Waals surface area contributed by atoms with E-state index in [1.165, 1.54) is 31.0 Å².